The molecule has 0 saturated heterocycles. The Balaban J connectivity index is -0.00000338. The molecule has 0 aromatic carbocycles. The zero-order valence-corrected chi connectivity index (χ0v) is 17.5. The van der Waals surface area contributed by atoms with Crippen LogP contribution < -0.4 is 29.6 Å². The van der Waals surface area contributed by atoms with E-state index in [4.69, 9.17) is 25.5 Å². The van der Waals surface area contributed by atoms with Crippen LogP contribution in [0.4, 0.5) is 0 Å². The molecule has 156 valence electrons. The molecule has 0 rings (SSSR count). The average Bonchev–Trinajstić information content (AvgIpc) is 2.46. The van der Waals surface area contributed by atoms with E-state index in [2.05, 4.69) is 0 Å². The Morgan fingerprint density at radius 2 is 0.643 bits per heavy atom. The van der Waals surface area contributed by atoms with Crippen LogP contribution in [0.2, 0.25) is 0 Å². The van der Waals surface area contributed by atoms with E-state index in [1.807, 2.05) is 0 Å². The fraction of sp³-hybridized carbons (Fsp3) is 0.643. The normalized spacial score (nSPS) is 10.7. The molecule has 0 saturated carbocycles. The van der Waals surface area contributed by atoms with Crippen molar-refractivity contribution in [3.63, 3.8) is 0 Å². The van der Waals surface area contributed by atoms with Crippen molar-refractivity contribution in [3.05, 3.63) is 0 Å². The van der Waals surface area contributed by atoms with Gasteiger partial charge in [-0.25, -0.2) is 0 Å². The maximum absolute atomic E-state index is 11.0. The molecule has 0 aliphatic rings. The summed E-state index contributed by atoms with van der Waals surface area (Å²) in [6.45, 7) is -2.74. The second-order valence-corrected chi connectivity index (χ2v) is 5.67. The van der Waals surface area contributed by atoms with Gasteiger partial charge in [-0.05, 0) is 0 Å². The second kappa shape index (κ2) is 15.2. The smallest absolute Gasteiger partial charge is 1.00 e. The van der Waals surface area contributed by atoms with Gasteiger partial charge in [0.25, 0.3) is 0 Å². The number of carboxylic acid groups (broad SMARTS) is 5. The summed E-state index contributed by atoms with van der Waals surface area (Å²) in [5, 5.41) is 44.1. The zero-order chi connectivity index (χ0) is 21.0. The quantitative estimate of drug-likeness (QED) is 0.149. The van der Waals surface area contributed by atoms with Gasteiger partial charge in [-0.15, -0.1) is 0 Å². The van der Waals surface area contributed by atoms with Crippen molar-refractivity contribution in [2.24, 2.45) is 0 Å². The van der Waals surface area contributed by atoms with E-state index < -0.39 is 62.6 Å². The van der Waals surface area contributed by atoms with Crippen molar-refractivity contribution < 1.29 is 80.5 Å². The Morgan fingerprint density at radius 3 is 0.857 bits per heavy atom. The standard InChI is InChI=1S/C14H23N3O10.Na.H/c18-10(19)5-15(1-3-16(6-11(20)21)7-12(22)23)2-4-17(8-13(24)25)9-14(26)27;;/h1-9H2,(H,18,19)(H,20,21)(H,22,23)(H,24,25)(H,26,27);;/q;+1;-1. The average molecular weight is 417 g/mol. The van der Waals surface area contributed by atoms with E-state index in [1.54, 1.807) is 0 Å². The Labute approximate surface area is 183 Å². The summed E-state index contributed by atoms with van der Waals surface area (Å²) in [6.07, 6.45) is 0. The molecule has 28 heavy (non-hydrogen) atoms. The molecule has 0 spiro atoms. The van der Waals surface area contributed by atoms with Crippen LogP contribution in [0.25, 0.3) is 0 Å². The van der Waals surface area contributed by atoms with Crippen molar-refractivity contribution in [2.75, 3.05) is 58.9 Å². The van der Waals surface area contributed by atoms with Gasteiger partial charge in [0.2, 0.25) is 0 Å². The molecule has 5 N–H and O–H groups in total. The molecule has 0 aromatic heterocycles. The van der Waals surface area contributed by atoms with Crippen molar-refractivity contribution in [2.45, 2.75) is 0 Å². The SMILES string of the molecule is O=C(O)CN(CCN(CC(=O)O)CC(=O)O)CCN(CC(=O)O)CC(=O)O.[H-].[Na+]. The second-order valence-electron chi connectivity index (χ2n) is 5.67. The van der Waals surface area contributed by atoms with E-state index in [1.165, 1.54) is 4.90 Å². The third kappa shape index (κ3) is 16.4. The number of aliphatic carboxylic acids is 5. The van der Waals surface area contributed by atoms with Crippen molar-refractivity contribution >= 4 is 29.8 Å². The fourth-order valence-corrected chi connectivity index (χ4v) is 2.22. The molecule has 0 radical (unpaired) electrons. The van der Waals surface area contributed by atoms with Gasteiger partial charge in [-0.1, -0.05) is 0 Å². The summed E-state index contributed by atoms with van der Waals surface area (Å²) in [5.74, 6) is -6.16. The molecule has 0 unspecified atom stereocenters. The number of rotatable bonds is 16. The first-order chi connectivity index (χ1) is 12.5. The summed E-state index contributed by atoms with van der Waals surface area (Å²) >= 11 is 0. The van der Waals surface area contributed by atoms with Gasteiger partial charge < -0.3 is 27.0 Å². The monoisotopic (exact) mass is 417 g/mol. The van der Waals surface area contributed by atoms with Crippen LogP contribution in [0.3, 0.4) is 0 Å². The van der Waals surface area contributed by atoms with Crippen LogP contribution in [0.5, 0.6) is 0 Å². The first kappa shape index (κ1) is 28.4. The first-order valence-corrected chi connectivity index (χ1v) is 7.75. The summed E-state index contributed by atoms with van der Waals surface area (Å²) in [6, 6.07) is 0. The number of carboxylic acids is 5. The minimum Gasteiger partial charge on any atom is -1.00 e. The number of hydrogen-bond acceptors (Lipinski definition) is 8. The van der Waals surface area contributed by atoms with Gasteiger partial charge in [-0.2, -0.15) is 0 Å². The van der Waals surface area contributed by atoms with Gasteiger partial charge in [0.15, 0.2) is 0 Å². The minimum atomic E-state index is -1.24. The molecule has 0 atom stereocenters. The molecule has 14 heteroatoms. The van der Waals surface area contributed by atoms with Crippen molar-refractivity contribution in [1.29, 1.82) is 0 Å². The topological polar surface area (TPSA) is 196 Å². The largest absolute Gasteiger partial charge is 1.00 e. The van der Waals surface area contributed by atoms with Gasteiger partial charge in [-0.3, -0.25) is 38.7 Å². The third-order valence-corrected chi connectivity index (χ3v) is 3.26. The molecule has 13 nitrogen and oxygen atoms in total. The Bertz CT molecular complexity index is 494. The van der Waals surface area contributed by atoms with Crippen LogP contribution in [-0.2, 0) is 24.0 Å². The molecular formula is C14H24N3NaO10. The summed E-state index contributed by atoms with van der Waals surface area (Å²) < 4.78 is 0. The molecule has 0 aromatic rings. The Morgan fingerprint density at radius 1 is 0.464 bits per heavy atom. The minimum absolute atomic E-state index is 0. The van der Waals surface area contributed by atoms with Crippen LogP contribution in [0.1, 0.15) is 1.43 Å². The van der Waals surface area contributed by atoms with Gasteiger partial charge >= 0.3 is 59.4 Å². The first-order valence-electron chi connectivity index (χ1n) is 7.75. The predicted molar refractivity (Wildman–Crippen MR) is 88.6 cm³/mol. The number of hydrogen-bond donors (Lipinski definition) is 5. The summed E-state index contributed by atoms with van der Waals surface area (Å²) in [7, 11) is 0. The van der Waals surface area contributed by atoms with E-state index >= 15 is 0 Å². The molecular weight excluding hydrogens is 393 g/mol. The van der Waals surface area contributed by atoms with Crippen LogP contribution in [0, 0.1) is 0 Å². The molecule has 0 fully saturated rings. The molecule has 0 aliphatic heterocycles. The third-order valence-electron chi connectivity index (χ3n) is 3.26. The van der Waals surface area contributed by atoms with E-state index in [-0.39, 0.29) is 57.2 Å². The number of carbonyl (C=O) groups is 5. The Hall–Kier alpha value is -1.77. The van der Waals surface area contributed by atoms with Crippen LogP contribution >= 0.6 is 0 Å². The van der Waals surface area contributed by atoms with Gasteiger partial charge in [0, 0.05) is 26.2 Å². The van der Waals surface area contributed by atoms with Gasteiger partial charge in [0.1, 0.15) is 0 Å². The Kier molecular flexibility index (Phi) is 15.4. The molecule has 0 heterocycles. The summed E-state index contributed by atoms with van der Waals surface area (Å²) in [5.41, 5.74) is 0. The predicted octanol–water partition coefficient (Wildman–Crippen LogP) is -5.57. The van der Waals surface area contributed by atoms with Gasteiger partial charge in [0.05, 0.1) is 32.7 Å². The maximum Gasteiger partial charge on any atom is 1.00 e. The van der Waals surface area contributed by atoms with Crippen molar-refractivity contribution in [3.8, 4) is 0 Å². The molecule has 0 bridgehead atoms. The zero-order valence-electron chi connectivity index (χ0n) is 16.5. The van der Waals surface area contributed by atoms with Crippen LogP contribution in [-0.4, -0.2) is 129 Å². The summed E-state index contributed by atoms with van der Waals surface area (Å²) in [4.78, 5) is 57.6. The molecule has 0 aliphatic carbocycles. The fourth-order valence-electron chi connectivity index (χ4n) is 2.22. The van der Waals surface area contributed by atoms with Crippen molar-refractivity contribution in [1.82, 2.24) is 14.7 Å². The van der Waals surface area contributed by atoms with E-state index in [0.717, 1.165) is 9.80 Å². The van der Waals surface area contributed by atoms with E-state index in [0.29, 0.717) is 0 Å². The molecule has 0 amide bonds. The maximum atomic E-state index is 11.0. The number of nitrogens with zero attached hydrogens (tertiary/aromatic N) is 3. The van der Waals surface area contributed by atoms with E-state index in [9.17, 15) is 24.0 Å². The van der Waals surface area contributed by atoms with Crippen LogP contribution in [0.15, 0.2) is 0 Å².